The molecule has 1 unspecified atom stereocenters. The molecule has 0 amide bonds. The molecule has 18 heavy (non-hydrogen) atoms. The standard InChI is InChI=1S/C14H10O4/c1-14(17)10-5-3-2-4-9(10)12(16)13-11(14)8(6-15)7-18-13/h2-7,17H,1H3. The lowest BCUT2D eigenvalue weighted by molar-refractivity contribution is 0.0823. The Morgan fingerprint density at radius 2 is 2.06 bits per heavy atom. The lowest BCUT2D eigenvalue weighted by Crippen LogP contribution is -2.32. The number of aliphatic hydroxyl groups is 1. The van der Waals surface area contributed by atoms with Crippen molar-refractivity contribution in [1.82, 2.24) is 0 Å². The minimum Gasteiger partial charge on any atom is -0.460 e. The largest absolute Gasteiger partial charge is 0.460 e. The summed E-state index contributed by atoms with van der Waals surface area (Å²) in [5.41, 5.74) is -0.0452. The van der Waals surface area contributed by atoms with Gasteiger partial charge in [0.15, 0.2) is 12.0 Å². The predicted octanol–water partition coefficient (Wildman–Crippen LogP) is 1.89. The molecule has 1 aliphatic rings. The first-order chi connectivity index (χ1) is 8.57. The number of benzene rings is 1. The molecule has 90 valence electrons. The van der Waals surface area contributed by atoms with E-state index in [0.717, 1.165) is 0 Å². The second-order valence-electron chi connectivity index (χ2n) is 4.46. The van der Waals surface area contributed by atoms with Crippen LogP contribution in [-0.4, -0.2) is 17.2 Å². The van der Waals surface area contributed by atoms with Gasteiger partial charge >= 0.3 is 0 Å². The Balaban J connectivity index is 2.39. The lowest BCUT2D eigenvalue weighted by Gasteiger charge is -2.30. The van der Waals surface area contributed by atoms with E-state index in [-0.39, 0.29) is 22.7 Å². The fraction of sp³-hybridized carbons (Fsp3) is 0.143. The van der Waals surface area contributed by atoms with Gasteiger partial charge in [-0.25, -0.2) is 0 Å². The van der Waals surface area contributed by atoms with E-state index in [4.69, 9.17) is 4.42 Å². The van der Waals surface area contributed by atoms with Gasteiger partial charge < -0.3 is 9.52 Å². The number of carbonyl (C=O) groups is 2. The van der Waals surface area contributed by atoms with Crippen molar-refractivity contribution in [3.63, 3.8) is 0 Å². The second-order valence-corrected chi connectivity index (χ2v) is 4.46. The minimum absolute atomic E-state index is 0.0424. The number of furan rings is 1. The van der Waals surface area contributed by atoms with Crippen molar-refractivity contribution in [2.45, 2.75) is 12.5 Å². The molecule has 3 rings (SSSR count). The summed E-state index contributed by atoms with van der Waals surface area (Å²) in [6.07, 6.45) is 1.79. The molecule has 1 atom stereocenters. The van der Waals surface area contributed by atoms with Crippen LogP contribution in [0.2, 0.25) is 0 Å². The van der Waals surface area contributed by atoms with Crippen LogP contribution in [0.5, 0.6) is 0 Å². The van der Waals surface area contributed by atoms with Gasteiger partial charge in [-0.3, -0.25) is 9.59 Å². The zero-order valence-corrected chi connectivity index (χ0v) is 9.64. The highest BCUT2D eigenvalue weighted by atomic mass is 16.3. The summed E-state index contributed by atoms with van der Waals surface area (Å²) in [5.74, 6) is -0.263. The van der Waals surface area contributed by atoms with Crippen LogP contribution >= 0.6 is 0 Å². The van der Waals surface area contributed by atoms with Gasteiger partial charge in [-0.15, -0.1) is 0 Å². The highest BCUT2D eigenvalue weighted by Crippen LogP contribution is 2.41. The van der Waals surface area contributed by atoms with Crippen molar-refractivity contribution in [1.29, 1.82) is 0 Å². The van der Waals surface area contributed by atoms with Crippen molar-refractivity contribution in [2.24, 2.45) is 0 Å². The number of fused-ring (bicyclic) bond motifs is 2. The van der Waals surface area contributed by atoms with E-state index in [1.165, 1.54) is 6.26 Å². The molecule has 0 saturated carbocycles. The Morgan fingerprint density at radius 3 is 2.78 bits per heavy atom. The maximum absolute atomic E-state index is 12.2. The Kier molecular flexibility index (Phi) is 2.06. The molecule has 0 saturated heterocycles. The lowest BCUT2D eigenvalue weighted by atomic mass is 9.77. The average Bonchev–Trinajstić information content (AvgIpc) is 2.81. The quantitative estimate of drug-likeness (QED) is 0.775. The van der Waals surface area contributed by atoms with Gasteiger partial charge in [-0.05, 0) is 12.5 Å². The van der Waals surface area contributed by atoms with Gasteiger partial charge in [-0.1, -0.05) is 24.3 Å². The summed E-state index contributed by atoms with van der Waals surface area (Å²) in [6, 6.07) is 6.78. The Bertz CT molecular complexity index is 664. The molecular weight excluding hydrogens is 232 g/mol. The highest BCUT2D eigenvalue weighted by Gasteiger charge is 2.42. The second kappa shape index (κ2) is 3.40. The van der Waals surface area contributed by atoms with E-state index in [1.54, 1.807) is 31.2 Å². The van der Waals surface area contributed by atoms with E-state index < -0.39 is 5.60 Å². The topological polar surface area (TPSA) is 67.5 Å². The molecule has 1 aromatic carbocycles. The third-order valence-electron chi connectivity index (χ3n) is 3.34. The summed E-state index contributed by atoms with van der Waals surface area (Å²) >= 11 is 0. The molecular formula is C14H10O4. The first kappa shape index (κ1) is 10.9. The number of ketones is 1. The third-order valence-corrected chi connectivity index (χ3v) is 3.34. The van der Waals surface area contributed by atoms with E-state index >= 15 is 0 Å². The Hall–Kier alpha value is -2.20. The number of rotatable bonds is 1. The van der Waals surface area contributed by atoms with Gasteiger partial charge in [-0.2, -0.15) is 0 Å². The summed E-state index contributed by atoms with van der Waals surface area (Å²) in [7, 11) is 0. The number of hydrogen-bond acceptors (Lipinski definition) is 4. The number of hydrogen-bond donors (Lipinski definition) is 1. The molecule has 1 aromatic heterocycles. The van der Waals surface area contributed by atoms with E-state index in [0.29, 0.717) is 17.4 Å². The van der Waals surface area contributed by atoms with Crippen LogP contribution in [-0.2, 0) is 5.60 Å². The van der Waals surface area contributed by atoms with Gasteiger partial charge in [0.05, 0.1) is 5.56 Å². The molecule has 0 fully saturated rings. The molecule has 4 heteroatoms. The average molecular weight is 242 g/mol. The molecule has 4 nitrogen and oxygen atoms in total. The fourth-order valence-electron chi connectivity index (χ4n) is 2.49. The maximum Gasteiger partial charge on any atom is 0.229 e. The summed E-state index contributed by atoms with van der Waals surface area (Å²) in [6.45, 7) is 1.56. The zero-order chi connectivity index (χ0) is 12.9. The van der Waals surface area contributed by atoms with Crippen molar-refractivity contribution in [3.05, 3.63) is 58.5 Å². The normalized spacial score (nSPS) is 21.3. The third kappa shape index (κ3) is 1.18. The molecule has 0 radical (unpaired) electrons. The van der Waals surface area contributed by atoms with Crippen molar-refractivity contribution in [3.8, 4) is 0 Å². The van der Waals surface area contributed by atoms with Crippen LogP contribution in [0.25, 0.3) is 0 Å². The van der Waals surface area contributed by atoms with E-state index in [2.05, 4.69) is 0 Å². The number of aldehydes is 1. The van der Waals surface area contributed by atoms with Gasteiger partial charge in [0.2, 0.25) is 5.78 Å². The molecule has 2 aromatic rings. The molecule has 1 aliphatic carbocycles. The van der Waals surface area contributed by atoms with Gasteiger partial charge in [0.25, 0.3) is 0 Å². The molecule has 1 heterocycles. The monoisotopic (exact) mass is 242 g/mol. The van der Waals surface area contributed by atoms with Crippen molar-refractivity contribution in [2.75, 3.05) is 0 Å². The van der Waals surface area contributed by atoms with Gasteiger partial charge in [0, 0.05) is 11.1 Å². The first-order valence-electron chi connectivity index (χ1n) is 5.51. The summed E-state index contributed by atoms with van der Waals surface area (Å²) in [5, 5.41) is 10.6. The minimum atomic E-state index is -1.40. The SMILES string of the molecule is CC1(O)c2ccccc2C(=O)c2occ(C=O)c21. The maximum atomic E-state index is 12.2. The number of carbonyl (C=O) groups excluding carboxylic acids is 2. The molecule has 0 bridgehead atoms. The fourth-order valence-corrected chi connectivity index (χ4v) is 2.49. The zero-order valence-electron chi connectivity index (χ0n) is 9.64. The molecule has 0 aliphatic heterocycles. The van der Waals surface area contributed by atoms with Crippen molar-refractivity contribution < 1.29 is 19.1 Å². The smallest absolute Gasteiger partial charge is 0.229 e. The van der Waals surface area contributed by atoms with Crippen LogP contribution in [0, 0.1) is 0 Å². The first-order valence-corrected chi connectivity index (χ1v) is 5.51. The molecule has 1 N–H and O–H groups in total. The van der Waals surface area contributed by atoms with Gasteiger partial charge in [0.1, 0.15) is 11.9 Å². The predicted molar refractivity (Wildman–Crippen MR) is 62.6 cm³/mol. The van der Waals surface area contributed by atoms with Crippen LogP contribution in [0.3, 0.4) is 0 Å². The summed E-state index contributed by atoms with van der Waals surface area (Å²) in [4.78, 5) is 23.2. The molecule has 0 spiro atoms. The highest BCUT2D eigenvalue weighted by molar-refractivity contribution is 6.12. The summed E-state index contributed by atoms with van der Waals surface area (Å²) < 4.78 is 5.14. The Labute approximate surface area is 103 Å². The Morgan fingerprint density at radius 1 is 1.33 bits per heavy atom. The van der Waals surface area contributed by atoms with Crippen molar-refractivity contribution >= 4 is 12.1 Å². The van der Waals surface area contributed by atoms with Crippen LogP contribution in [0.15, 0.2) is 34.9 Å². The van der Waals surface area contributed by atoms with Crippen LogP contribution in [0.1, 0.15) is 44.5 Å². The van der Waals surface area contributed by atoms with E-state index in [1.807, 2.05) is 0 Å². The van der Waals surface area contributed by atoms with Crippen LogP contribution < -0.4 is 0 Å². The van der Waals surface area contributed by atoms with Crippen LogP contribution in [0.4, 0.5) is 0 Å². The van der Waals surface area contributed by atoms with E-state index in [9.17, 15) is 14.7 Å².